The minimum absolute atomic E-state index is 0. The van der Waals surface area contributed by atoms with Crippen molar-refractivity contribution in [2.24, 2.45) is 0 Å². The zero-order valence-corrected chi connectivity index (χ0v) is 19.4. The molecule has 1 aliphatic rings. The summed E-state index contributed by atoms with van der Waals surface area (Å²) in [6.45, 7) is 1.82. The van der Waals surface area contributed by atoms with Gasteiger partial charge < -0.3 is 36.1 Å². The number of nitrogens with zero attached hydrogens (tertiary/aromatic N) is 3. The Balaban J connectivity index is 0.00000480. The summed E-state index contributed by atoms with van der Waals surface area (Å²) in [5.74, 6) is 0. The SMILES string of the molecule is O.[Fe+6].[O-]C[C@H]([C@H](O)CO)N1CCN(Cc2ccccc2)CCN([C@H](C[O-])[C@H](O)CO)CC1. The molecule has 1 fully saturated rings. The molecule has 0 saturated carbocycles. The molecule has 6 N–H and O–H groups in total. The van der Waals surface area contributed by atoms with Crippen molar-refractivity contribution in [1.82, 2.24) is 14.7 Å². The number of benzene rings is 1. The number of aliphatic hydroxyl groups excluding tert-OH is 4. The van der Waals surface area contributed by atoms with Crippen molar-refractivity contribution in [3.63, 3.8) is 0 Å². The van der Waals surface area contributed by atoms with Crippen molar-refractivity contribution in [2.45, 2.75) is 30.8 Å². The average Bonchev–Trinajstić information content (AvgIpc) is 2.87. The number of hydrogen-bond acceptors (Lipinski definition) is 9. The first-order valence-electron chi connectivity index (χ1n) is 10.5. The molecular weight excluding hydrogens is 462 g/mol. The third-order valence-corrected chi connectivity index (χ3v) is 5.87. The second kappa shape index (κ2) is 16.9. The second-order valence-corrected chi connectivity index (χ2v) is 7.80. The molecule has 4 atom stereocenters. The fourth-order valence-electron chi connectivity index (χ4n) is 3.96. The number of rotatable bonds is 10. The predicted molar refractivity (Wildman–Crippen MR) is 112 cm³/mol. The van der Waals surface area contributed by atoms with Gasteiger partial charge in [-0.05, 0) is 5.56 Å². The van der Waals surface area contributed by atoms with Crippen LogP contribution in [0.4, 0.5) is 0 Å². The molecule has 1 saturated heterocycles. The summed E-state index contributed by atoms with van der Waals surface area (Å²) < 4.78 is 0. The van der Waals surface area contributed by atoms with Crippen LogP contribution in [-0.2, 0) is 23.6 Å². The fourth-order valence-corrected chi connectivity index (χ4v) is 3.96. The minimum Gasteiger partial charge on any atom is -0.853 e. The van der Waals surface area contributed by atoms with Crippen molar-refractivity contribution < 1.29 is 53.2 Å². The van der Waals surface area contributed by atoms with Crippen LogP contribution in [0.25, 0.3) is 0 Å². The van der Waals surface area contributed by atoms with E-state index >= 15 is 0 Å². The van der Waals surface area contributed by atoms with Crippen molar-refractivity contribution in [3.05, 3.63) is 35.9 Å². The van der Waals surface area contributed by atoms with E-state index < -0.39 is 50.7 Å². The normalized spacial score (nSPS) is 20.6. The van der Waals surface area contributed by atoms with Crippen LogP contribution in [0.2, 0.25) is 0 Å². The topological polar surface area (TPSA) is 168 Å². The van der Waals surface area contributed by atoms with Crippen LogP contribution >= 0.6 is 0 Å². The van der Waals surface area contributed by atoms with E-state index in [1.807, 2.05) is 40.1 Å². The molecule has 1 aliphatic heterocycles. The molecule has 1 heterocycles. The molecular formula is C21H37FeN3O7+4. The van der Waals surface area contributed by atoms with Crippen molar-refractivity contribution in [1.29, 1.82) is 0 Å². The van der Waals surface area contributed by atoms with Crippen LogP contribution in [0, 0.1) is 0 Å². The Morgan fingerprint density at radius 3 is 1.53 bits per heavy atom. The van der Waals surface area contributed by atoms with Gasteiger partial charge in [-0.3, -0.25) is 14.7 Å². The van der Waals surface area contributed by atoms with Crippen LogP contribution in [0.15, 0.2) is 30.3 Å². The van der Waals surface area contributed by atoms with E-state index in [-0.39, 0.29) is 22.5 Å². The van der Waals surface area contributed by atoms with E-state index in [1.165, 1.54) is 0 Å². The summed E-state index contributed by atoms with van der Waals surface area (Å²) >= 11 is 0. The molecule has 1 aromatic rings. The van der Waals surface area contributed by atoms with Gasteiger partial charge in [0.05, 0.1) is 25.4 Å². The van der Waals surface area contributed by atoms with Gasteiger partial charge in [0, 0.05) is 57.9 Å². The van der Waals surface area contributed by atoms with Gasteiger partial charge in [0.2, 0.25) is 0 Å². The van der Waals surface area contributed by atoms with Gasteiger partial charge in [0.15, 0.2) is 0 Å². The Kier molecular flexibility index (Phi) is 16.5. The van der Waals surface area contributed by atoms with Gasteiger partial charge in [-0.15, -0.1) is 13.2 Å². The smallest absolute Gasteiger partial charge is 0.853 e. The molecule has 32 heavy (non-hydrogen) atoms. The third kappa shape index (κ3) is 9.30. The van der Waals surface area contributed by atoms with E-state index in [2.05, 4.69) is 4.90 Å². The first kappa shape index (κ1) is 31.3. The Labute approximate surface area is 200 Å². The van der Waals surface area contributed by atoms with Crippen molar-refractivity contribution in [2.75, 3.05) is 65.7 Å². The standard InChI is InChI=1S/C21H35N3O6.Fe.H2O/c25-13-18(20(29)15-27)23-8-6-22(12-17-4-2-1-3-5-17)7-9-24(11-10-23)19(14-26)21(30)16-28;;/h1-5,18-21,27-30H,6-16H2;;1H2/q-2;+6;/t18-,19-,20-,21-;;/m1../s1. The Bertz CT molecular complexity index is 560. The molecule has 0 spiro atoms. The van der Waals surface area contributed by atoms with Crippen molar-refractivity contribution >= 4 is 0 Å². The minimum atomic E-state index is -1.14. The van der Waals surface area contributed by atoms with Gasteiger partial charge in [0.25, 0.3) is 0 Å². The zero-order valence-electron chi connectivity index (χ0n) is 18.3. The molecule has 182 valence electrons. The Morgan fingerprint density at radius 2 is 1.16 bits per heavy atom. The van der Waals surface area contributed by atoms with Crippen LogP contribution in [0.1, 0.15) is 5.56 Å². The Morgan fingerprint density at radius 1 is 0.750 bits per heavy atom. The Hall–Kier alpha value is -0.661. The molecule has 11 heteroatoms. The molecule has 0 unspecified atom stereocenters. The molecule has 2 rings (SSSR count). The van der Waals surface area contributed by atoms with E-state index in [1.54, 1.807) is 0 Å². The first-order chi connectivity index (χ1) is 14.5. The monoisotopic (exact) mass is 499 g/mol. The summed E-state index contributed by atoms with van der Waals surface area (Å²) in [6, 6.07) is 8.50. The van der Waals surface area contributed by atoms with Gasteiger partial charge in [-0.25, -0.2) is 0 Å². The quantitative estimate of drug-likeness (QED) is 0.232. The summed E-state index contributed by atoms with van der Waals surface area (Å²) in [6.07, 6.45) is -2.28. The summed E-state index contributed by atoms with van der Waals surface area (Å²) in [7, 11) is 0. The maximum absolute atomic E-state index is 11.7. The van der Waals surface area contributed by atoms with Gasteiger partial charge in [0.1, 0.15) is 0 Å². The third-order valence-electron chi connectivity index (χ3n) is 5.87. The maximum Gasteiger partial charge on any atom is 6.00 e. The molecule has 0 aromatic heterocycles. The summed E-state index contributed by atoms with van der Waals surface area (Å²) in [5, 5.41) is 62.4. The van der Waals surface area contributed by atoms with E-state index in [0.717, 1.165) is 5.56 Å². The van der Waals surface area contributed by atoms with Crippen molar-refractivity contribution in [3.8, 4) is 0 Å². The summed E-state index contributed by atoms with van der Waals surface area (Å²) in [4.78, 5) is 5.93. The van der Waals surface area contributed by atoms with Crippen LogP contribution in [-0.4, -0.2) is 131 Å². The predicted octanol–water partition coefficient (Wildman–Crippen LogP) is -4.56. The summed E-state index contributed by atoms with van der Waals surface area (Å²) in [5.41, 5.74) is 1.14. The molecule has 10 nitrogen and oxygen atoms in total. The second-order valence-electron chi connectivity index (χ2n) is 7.80. The van der Waals surface area contributed by atoms with Crippen LogP contribution in [0.3, 0.4) is 0 Å². The van der Waals surface area contributed by atoms with Gasteiger partial charge >= 0.3 is 17.1 Å². The largest absolute Gasteiger partial charge is 6.00 e. The molecule has 1 aromatic carbocycles. The van der Waals surface area contributed by atoms with E-state index in [9.17, 15) is 30.6 Å². The molecule has 0 amide bonds. The maximum atomic E-state index is 11.7. The molecule has 0 bridgehead atoms. The van der Waals surface area contributed by atoms with Crippen LogP contribution < -0.4 is 10.2 Å². The number of hydrogen-bond donors (Lipinski definition) is 4. The molecule has 0 aliphatic carbocycles. The van der Waals surface area contributed by atoms with Gasteiger partial charge in [-0.2, -0.15) is 0 Å². The van der Waals surface area contributed by atoms with Crippen LogP contribution in [0.5, 0.6) is 0 Å². The zero-order chi connectivity index (χ0) is 21.9. The average molecular weight is 499 g/mol. The van der Waals surface area contributed by atoms with E-state index in [4.69, 9.17) is 0 Å². The fraction of sp³-hybridized carbons (Fsp3) is 0.714. The number of aliphatic hydroxyl groups is 4. The first-order valence-corrected chi connectivity index (χ1v) is 10.5. The van der Waals surface area contributed by atoms with E-state index in [0.29, 0.717) is 45.8 Å². The van der Waals surface area contributed by atoms with Gasteiger partial charge in [-0.1, -0.05) is 30.3 Å². The molecule has 0 radical (unpaired) electrons.